The third-order valence-corrected chi connectivity index (χ3v) is 8.99. The van der Waals surface area contributed by atoms with E-state index in [0.717, 1.165) is 22.7 Å². The Hall–Kier alpha value is -2.62. The number of benzene rings is 3. The minimum atomic E-state index is -4.01. The van der Waals surface area contributed by atoms with Crippen molar-refractivity contribution in [3.63, 3.8) is 0 Å². The van der Waals surface area contributed by atoms with Crippen molar-refractivity contribution in [1.82, 2.24) is 14.5 Å². The van der Waals surface area contributed by atoms with Crippen LogP contribution in [0.5, 0.6) is 0 Å². The molecule has 3 aromatic carbocycles. The zero-order valence-corrected chi connectivity index (χ0v) is 25.4. The van der Waals surface area contributed by atoms with E-state index >= 15 is 0 Å². The van der Waals surface area contributed by atoms with E-state index in [1.54, 1.807) is 18.2 Å². The predicted molar refractivity (Wildman–Crippen MR) is 160 cm³/mol. The first kappa shape index (κ1) is 31.9. The van der Waals surface area contributed by atoms with E-state index in [9.17, 15) is 18.0 Å². The Morgan fingerprint density at radius 3 is 2.20 bits per heavy atom. The van der Waals surface area contributed by atoms with Gasteiger partial charge in [0, 0.05) is 41.6 Å². The molecule has 0 bridgehead atoms. The highest BCUT2D eigenvalue weighted by Crippen LogP contribution is 2.25. The number of hydrogen-bond donors (Lipinski definition) is 1. The van der Waals surface area contributed by atoms with Gasteiger partial charge in [-0.15, -0.1) is 0 Å². The van der Waals surface area contributed by atoms with Crippen LogP contribution in [0.2, 0.25) is 15.1 Å². The fourth-order valence-electron chi connectivity index (χ4n) is 4.05. The SMILES string of the molecule is CCCCNC(=O)C(Cc1ccccc1)N(Cc1ccc(Cl)cc1Cl)C(=O)CN(C)S(=O)(=O)c1ccc(Cl)cc1. The number of likely N-dealkylation sites (N-methyl/N-ethyl adjacent to an activating group) is 1. The summed E-state index contributed by atoms with van der Waals surface area (Å²) in [5.41, 5.74) is 1.42. The summed E-state index contributed by atoms with van der Waals surface area (Å²) in [5, 5.41) is 4.08. The number of nitrogens with zero attached hydrogens (tertiary/aromatic N) is 2. The molecule has 1 unspecified atom stereocenters. The summed E-state index contributed by atoms with van der Waals surface area (Å²) in [5.74, 6) is -0.892. The summed E-state index contributed by atoms with van der Waals surface area (Å²) in [7, 11) is -2.69. The minimum Gasteiger partial charge on any atom is -0.354 e. The van der Waals surface area contributed by atoms with E-state index in [1.165, 1.54) is 36.2 Å². The molecule has 1 atom stereocenters. The normalized spacial score (nSPS) is 12.2. The van der Waals surface area contributed by atoms with Gasteiger partial charge in [0.15, 0.2) is 0 Å². The number of halogens is 3. The smallest absolute Gasteiger partial charge is 0.243 e. The number of amides is 2. The van der Waals surface area contributed by atoms with Crippen LogP contribution in [0.4, 0.5) is 0 Å². The number of nitrogens with one attached hydrogen (secondary N) is 1. The molecule has 2 amide bonds. The number of sulfonamides is 1. The molecule has 0 saturated carbocycles. The average molecular weight is 625 g/mol. The Bertz CT molecular complexity index is 1400. The van der Waals surface area contributed by atoms with Crippen molar-refractivity contribution >= 4 is 56.6 Å². The van der Waals surface area contributed by atoms with E-state index in [4.69, 9.17) is 34.8 Å². The second kappa shape index (κ2) is 14.8. The largest absolute Gasteiger partial charge is 0.354 e. The molecule has 0 fully saturated rings. The Morgan fingerprint density at radius 1 is 0.925 bits per heavy atom. The number of hydrogen-bond acceptors (Lipinski definition) is 4. The fraction of sp³-hybridized carbons (Fsp3) is 0.310. The van der Waals surface area contributed by atoms with Crippen LogP contribution in [0.15, 0.2) is 77.7 Å². The molecule has 0 radical (unpaired) electrons. The monoisotopic (exact) mass is 623 g/mol. The van der Waals surface area contributed by atoms with Gasteiger partial charge in [0.1, 0.15) is 6.04 Å². The lowest BCUT2D eigenvalue weighted by molar-refractivity contribution is -0.141. The first-order valence-corrected chi connectivity index (χ1v) is 15.4. The minimum absolute atomic E-state index is 0.00219. The molecule has 0 saturated heterocycles. The first-order valence-electron chi connectivity index (χ1n) is 12.8. The Balaban J connectivity index is 1.98. The van der Waals surface area contributed by atoms with Gasteiger partial charge in [-0.1, -0.05) is 84.5 Å². The molecule has 40 heavy (non-hydrogen) atoms. The van der Waals surface area contributed by atoms with Crippen LogP contribution in [-0.2, 0) is 32.6 Å². The van der Waals surface area contributed by atoms with Gasteiger partial charge >= 0.3 is 0 Å². The standard InChI is InChI=1S/C29H32Cl3N3O4S/c1-3-4-16-33-29(37)27(17-21-8-6-5-7-9-21)35(19-22-10-11-24(31)18-26(22)32)28(36)20-34(2)40(38,39)25-14-12-23(30)13-15-25/h5-15,18,27H,3-4,16-17,19-20H2,1-2H3,(H,33,37). The Morgan fingerprint density at radius 2 is 1.57 bits per heavy atom. The molecule has 0 heterocycles. The summed E-state index contributed by atoms with van der Waals surface area (Å²) in [6.07, 6.45) is 1.90. The lowest BCUT2D eigenvalue weighted by Crippen LogP contribution is -2.53. The van der Waals surface area contributed by atoms with Gasteiger partial charge < -0.3 is 10.2 Å². The van der Waals surface area contributed by atoms with Crippen LogP contribution in [0.1, 0.15) is 30.9 Å². The number of rotatable bonds is 13. The highest BCUT2D eigenvalue weighted by atomic mass is 35.5. The Labute approximate surface area is 251 Å². The number of carbonyl (C=O) groups excluding carboxylic acids is 2. The van der Waals surface area contributed by atoms with Crippen molar-refractivity contribution < 1.29 is 18.0 Å². The summed E-state index contributed by atoms with van der Waals surface area (Å²) in [6, 6.07) is 19.0. The summed E-state index contributed by atoms with van der Waals surface area (Å²) < 4.78 is 27.4. The van der Waals surface area contributed by atoms with Gasteiger partial charge in [0.25, 0.3) is 0 Å². The van der Waals surface area contributed by atoms with Gasteiger partial charge in [0.05, 0.1) is 11.4 Å². The van der Waals surface area contributed by atoms with E-state index in [-0.39, 0.29) is 23.8 Å². The van der Waals surface area contributed by atoms with Crippen molar-refractivity contribution in [1.29, 1.82) is 0 Å². The van der Waals surface area contributed by atoms with Crippen LogP contribution in [-0.4, -0.2) is 55.6 Å². The topological polar surface area (TPSA) is 86.8 Å². The maximum atomic E-state index is 13.9. The highest BCUT2D eigenvalue weighted by molar-refractivity contribution is 7.89. The van der Waals surface area contributed by atoms with E-state index in [2.05, 4.69) is 5.32 Å². The van der Waals surface area contributed by atoms with E-state index in [1.807, 2.05) is 37.3 Å². The maximum absolute atomic E-state index is 13.9. The molecule has 1 N–H and O–H groups in total. The van der Waals surface area contributed by atoms with Crippen molar-refractivity contribution in [3.8, 4) is 0 Å². The molecule has 214 valence electrons. The van der Waals surface area contributed by atoms with Crippen LogP contribution in [0.25, 0.3) is 0 Å². The van der Waals surface area contributed by atoms with Crippen molar-refractivity contribution in [2.45, 2.75) is 43.7 Å². The predicted octanol–water partition coefficient (Wildman–Crippen LogP) is 5.82. The highest BCUT2D eigenvalue weighted by Gasteiger charge is 2.33. The molecular weight excluding hydrogens is 593 g/mol. The zero-order chi connectivity index (χ0) is 29.3. The quantitative estimate of drug-likeness (QED) is 0.243. The van der Waals surface area contributed by atoms with Gasteiger partial charge in [-0.2, -0.15) is 4.31 Å². The summed E-state index contributed by atoms with van der Waals surface area (Å²) in [6.45, 7) is 1.95. The molecule has 0 spiro atoms. The average Bonchev–Trinajstić information content (AvgIpc) is 2.92. The third-order valence-electron chi connectivity index (χ3n) is 6.34. The van der Waals surface area contributed by atoms with E-state index in [0.29, 0.717) is 27.2 Å². The van der Waals surface area contributed by atoms with Gasteiger partial charge in [-0.05, 0) is 53.9 Å². The molecule has 0 aliphatic carbocycles. The van der Waals surface area contributed by atoms with Crippen LogP contribution < -0.4 is 5.32 Å². The molecule has 3 aromatic rings. The third kappa shape index (κ3) is 8.69. The molecule has 11 heteroatoms. The maximum Gasteiger partial charge on any atom is 0.243 e. The summed E-state index contributed by atoms with van der Waals surface area (Å²) in [4.78, 5) is 28.8. The number of carbonyl (C=O) groups is 2. The molecular formula is C29H32Cl3N3O4S. The second-order valence-electron chi connectivity index (χ2n) is 9.32. The lowest BCUT2D eigenvalue weighted by atomic mass is 10.0. The molecule has 0 aliphatic heterocycles. The first-order chi connectivity index (χ1) is 19.0. The molecule has 0 aromatic heterocycles. The van der Waals surface area contributed by atoms with Crippen LogP contribution in [0, 0.1) is 0 Å². The van der Waals surface area contributed by atoms with Crippen LogP contribution >= 0.6 is 34.8 Å². The molecule has 3 rings (SSSR count). The van der Waals surface area contributed by atoms with Crippen molar-refractivity contribution in [2.24, 2.45) is 0 Å². The van der Waals surface area contributed by atoms with Crippen molar-refractivity contribution in [2.75, 3.05) is 20.1 Å². The van der Waals surface area contributed by atoms with E-state index < -0.39 is 28.5 Å². The Kier molecular flexibility index (Phi) is 11.8. The van der Waals surface area contributed by atoms with Gasteiger partial charge in [0.2, 0.25) is 21.8 Å². The van der Waals surface area contributed by atoms with Gasteiger partial charge in [-0.25, -0.2) is 8.42 Å². The summed E-state index contributed by atoms with van der Waals surface area (Å²) >= 11 is 18.5. The number of unbranched alkanes of at least 4 members (excludes halogenated alkanes) is 1. The van der Waals surface area contributed by atoms with Crippen molar-refractivity contribution in [3.05, 3.63) is 99.0 Å². The molecule has 7 nitrogen and oxygen atoms in total. The zero-order valence-electron chi connectivity index (χ0n) is 22.3. The van der Waals surface area contributed by atoms with Crippen LogP contribution in [0.3, 0.4) is 0 Å². The van der Waals surface area contributed by atoms with Gasteiger partial charge in [-0.3, -0.25) is 9.59 Å². The molecule has 0 aliphatic rings. The fourth-order valence-corrected chi connectivity index (χ4v) is 5.76. The lowest BCUT2D eigenvalue weighted by Gasteiger charge is -2.33. The second-order valence-corrected chi connectivity index (χ2v) is 12.6.